The monoisotopic (exact) mass is 286 g/mol. The van der Waals surface area contributed by atoms with E-state index in [1.165, 1.54) is 0 Å². The Bertz CT molecular complexity index is 661. The molecule has 0 aliphatic rings. The maximum atomic E-state index is 13.2. The Morgan fingerprint density at radius 3 is 2.25 bits per heavy atom. The van der Waals surface area contributed by atoms with Crippen molar-refractivity contribution >= 4 is 6.29 Å². The van der Waals surface area contributed by atoms with Crippen LogP contribution in [0.15, 0.2) is 36.4 Å². The average molecular weight is 286 g/mol. The Kier molecular flexibility index (Phi) is 3.57. The number of rotatable bonds is 2. The molecule has 0 N–H and O–H groups in total. The first-order chi connectivity index (χ1) is 9.32. The zero-order valence-electron chi connectivity index (χ0n) is 9.84. The molecule has 0 aliphatic heterocycles. The molecule has 0 atom stereocenters. The fourth-order valence-electron chi connectivity index (χ4n) is 1.79. The molecule has 0 unspecified atom stereocenters. The second kappa shape index (κ2) is 5.03. The number of aldehydes is 1. The van der Waals surface area contributed by atoms with Crippen LogP contribution in [0, 0.1) is 11.6 Å². The Labute approximate surface area is 110 Å². The van der Waals surface area contributed by atoms with Crippen molar-refractivity contribution < 1.29 is 26.7 Å². The van der Waals surface area contributed by atoms with Crippen LogP contribution in [0.1, 0.15) is 15.9 Å². The van der Waals surface area contributed by atoms with Gasteiger partial charge in [0.15, 0.2) is 6.29 Å². The van der Waals surface area contributed by atoms with Crippen LogP contribution >= 0.6 is 0 Å². The standard InChI is InChI=1S/C14H7F5O/c15-10-3-1-9(7-20)11(6-10)8-2-4-13(16)12(5-8)14(17,18)19/h1-7H. The molecule has 2 aromatic rings. The average Bonchev–Trinajstić information content (AvgIpc) is 2.38. The van der Waals surface area contributed by atoms with Crippen molar-refractivity contribution in [2.75, 3.05) is 0 Å². The van der Waals surface area contributed by atoms with E-state index in [9.17, 15) is 26.7 Å². The molecule has 0 bridgehead atoms. The molecule has 2 aromatic carbocycles. The SMILES string of the molecule is O=Cc1ccc(F)cc1-c1ccc(F)c(C(F)(F)F)c1. The van der Waals surface area contributed by atoms with Crippen LogP contribution in [-0.4, -0.2) is 6.29 Å². The van der Waals surface area contributed by atoms with Gasteiger partial charge in [0, 0.05) is 5.56 Å². The third kappa shape index (κ3) is 2.68. The van der Waals surface area contributed by atoms with Crippen molar-refractivity contribution in [2.45, 2.75) is 6.18 Å². The number of carbonyl (C=O) groups excluding carboxylic acids is 1. The van der Waals surface area contributed by atoms with E-state index in [1.807, 2.05) is 0 Å². The van der Waals surface area contributed by atoms with E-state index in [2.05, 4.69) is 0 Å². The predicted molar refractivity (Wildman–Crippen MR) is 62.2 cm³/mol. The minimum absolute atomic E-state index is 0.0196. The summed E-state index contributed by atoms with van der Waals surface area (Å²) in [5.41, 5.74) is -1.55. The number of halogens is 5. The minimum atomic E-state index is -4.87. The lowest BCUT2D eigenvalue weighted by Gasteiger charge is -2.11. The molecule has 1 nitrogen and oxygen atoms in total. The lowest BCUT2D eigenvalue weighted by atomic mass is 9.98. The molecular formula is C14H7F5O. The van der Waals surface area contributed by atoms with E-state index in [4.69, 9.17) is 0 Å². The zero-order chi connectivity index (χ0) is 14.9. The van der Waals surface area contributed by atoms with E-state index in [1.54, 1.807) is 0 Å². The highest BCUT2D eigenvalue weighted by Crippen LogP contribution is 2.35. The minimum Gasteiger partial charge on any atom is -0.298 e. The lowest BCUT2D eigenvalue weighted by Crippen LogP contribution is -2.08. The van der Waals surface area contributed by atoms with Crippen LogP contribution in [-0.2, 0) is 6.18 Å². The highest BCUT2D eigenvalue weighted by atomic mass is 19.4. The molecule has 0 aliphatic carbocycles. The van der Waals surface area contributed by atoms with Crippen molar-refractivity contribution in [3.05, 3.63) is 59.2 Å². The van der Waals surface area contributed by atoms with Gasteiger partial charge in [0.1, 0.15) is 11.6 Å². The number of hydrogen-bond donors (Lipinski definition) is 0. The molecule has 0 saturated heterocycles. The third-order valence-electron chi connectivity index (χ3n) is 2.73. The van der Waals surface area contributed by atoms with Gasteiger partial charge in [-0.2, -0.15) is 13.2 Å². The second-order valence-corrected chi connectivity index (χ2v) is 4.04. The van der Waals surface area contributed by atoms with Crippen LogP contribution in [0.25, 0.3) is 11.1 Å². The summed E-state index contributed by atoms with van der Waals surface area (Å²) in [6.07, 6.45) is -4.47. The highest BCUT2D eigenvalue weighted by molar-refractivity contribution is 5.87. The molecule has 0 fully saturated rings. The molecular weight excluding hydrogens is 279 g/mol. The number of benzene rings is 2. The highest BCUT2D eigenvalue weighted by Gasteiger charge is 2.34. The first-order valence-electron chi connectivity index (χ1n) is 5.45. The molecule has 104 valence electrons. The van der Waals surface area contributed by atoms with Gasteiger partial charge in [-0.05, 0) is 41.5 Å². The Morgan fingerprint density at radius 2 is 1.65 bits per heavy atom. The van der Waals surface area contributed by atoms with E-state index < -0.39 is 23.4 Å². The quantitative estimate of drug-likeness (QED) is 0.588. The van der Waals surface area contributed by atoms with Gasteiger partial charge < -0.3 is 0 Å². The van der Waals surface area contributed by atoms with Crippen molar-refractivity contribution in [3.8, 4) is 11.1 Å². The van der Waals surface area contributed by atoms with Crippen molar-refractivity contribution in [1.82, 2.24) is 0 Å². The molecule has 0 radical (unpaired) electrons. The summed E-state index contributed by atoms with van der Waals surface area (Å²) in [5, 5.41) is 0. The number of alkyl halides is 3. The number of carbonyl (C=O) groups is 1. The first kappa shape index (κ1) is 14.2. The van der Waals surface area contributed by atoms with E-state index in [-0.39, 0.29) is 16.7 Å². The van der Waals surface area contributed by atoms with Crippen LogP contribution in [0.3, 0.4) is 0 Å². The molecule has 0 saturated carbocycles. The van der Waals surface area contributed by atoms with Gasteiger partial charge >= 0.3 is 6.18 Å². The topological polar surface area (TPSA) is 17.1 Å². The van der Waals surface area contributed by atoms with Gasteiger partial charge in [-0.1, -0.05) is 6.07 Å². The Balaban J connectivity index is 2.65. The smallest absolute Gasteiger partial charge is 0.298 e. The normalized spacial score (nSPS) is 11.4. The molecule has 20 heavy (non-hydrogen) atoms. The second-order valence-electron chi connectivity index (χ2n) is 4.04. The van der Waals surface area contributed by atoms with Gasteiger partial charge in [-0.15, -0.1) is 0 Å². The fraction of sp³-hybridized carbons (Fsp3) is 0.0714. The zero-order valence-corrected chi connectivity index (χ0v) is 9.84. The summed E-state index contributed by atoms with van der Waals surface area (Å²) >= 11 is 0. The van der Waals surface area contributed by atoms with E-state index in [0.717, 1.165) is 24.3 Å². The summed E-state index contributed by atoms with van der Waals surface area (Å²) in [6.45, 7) is 0. The molecule has 0 heterocycles. The first-order valence-corrected chi connectivity index (χ1v) is 5.45. The lowest BCUT2D eigenvalue weighted by molar-refractivity contribution is -0.139. The number of hydrogen-bond acceptors (Lipinski definition) is 1. The molecule has 0 spiro atoms. The van der Waals surface area contributed by atoms with Crippen LogP contribution in [0.2, 0.25) is 0 Å². The van der Waals surface area contributed by atoms with Crippen LogP contribution in [0.5, 0.6) is 0 Å². The van der Waals surface area contributed by atoms with Crippen molar-refractivity contribution in [3.63, 3.8) is 0 Å². The van der Waals surface area contributed by atoms with Crippen molar-refractivity contribution in [1.29, 1.82) is 0 Å². The maximum Gasteiger partial charge on any atom is 0.419 e. The third-order valence-corrected chi connectivity index (χ3v) is 2.73. The summed E-state index contributed by atoms with van der Waals surface area (Å²) in [7, 11) is 0. The molecule has 0 aromatic heterocycles. The molecule has 0 amide bonds. The summed E-state index contributed by atoms with van der Waals surface area (Å²) in [5.74, 6) is -2.13. The van der Waals surface area contributed by atoms with Crippen LogP contribution in [0.4, 0.5) is 22.0 Å². The fourth-order valence-corrected chi connectivity index (χ4v) is 1.79. The van der Waals surface area contributed by atoms with Crippen molar-refractivity contribution in [2.24, 2.45) is 0 Å². The summed E-state index contributed by atoms with van der Waals surface area (Å²) < 4.78 is 64.2. The van der Waals surface area contributed by atoms with Gasteiger partial charge in [0.05, 0.1) is 5.56 Å². The Morgan fingerprint density at radius 1 is 0.950 bits per heavy atom. The van der Waals surface area contributed by atoms with Gasteiger partial charge in [0.25, 0.3) is 0 Å². The summed E-state index contributed by atoms with van der Waals surface area (Å²) in [4.78, 5) is 10.8. The van der Waals surface area contributed by atoms with Gasteiger partial charge in [-0.3, -0.25) is 4.79 Å². The van der Waals surface area contributed by atoms with Crippen LogP contribution < -0.4 is 0 Å². The maximum absolute atomic E-state index is 13.2. The summed E-state index contributed by atoms with van der Waals surface area (Å²) in [6, 6.07) is 5.34. The predicted octanol–water partition coefficient (Wildman–Crippen LogP) is 4.46. The van der Waals surface area contributed by atoms with Gasteiger partial charge in [0.2, 0.25) is 0 Å². The Hall–Kier alpha value is -2.24. The largest absolute Gasteiger partial charge is 0.419 e. The van der Waals surface area contributed by atoms with E-state index >= 15 is 0 Å². The molecule has 6 heteroatoms. The molecule has 2 rings (SSSR count). The van der Waals surface area contributed by atoms with Gasteiger partial charge in [-0.25, -0.2) is 8.78 Å². The van der Waals surface area contributed by atoms with E-state index in [0.29, 0.717) is 18.4 Å².